The lowest BCUT2D eigenvalue weighted by molar-refractivity contribution is 0.409. The van der Waals surface area contributed by atoms with Crippen LogP contribution in [0.15, 0.2) is 18.2 Å². The summed E-state index contributed by atoms with van der Waals surface area (Å²) in [5, 5.41) is 3.06. The van der Waals surface area contributed by atoms with Gasteiger partial charge in [0.05, 0.1) is 11.9 Å². The van der Waals surface area contributed by atoms with Crippen LogP contribution in [0.5, 0.6) is 5.75 Å². The number of hydrogen-bond donors (Lipinski definition) is 1. The van der Waals surface area contributed by atoms with E-state index in [4.69, 9.17) is 4.74 Å². The Morgan fingerprint density at radius 3 is 2.45 bits per heavy atom. The van der Waals surface area contributed by atoms with E-state index in [0.717, 1.165) is 0 Å². The number of sulfone groups is 1. The normalized spacial score (nSPS) is 14.1. The number of halogens is 1. The fourth-order valence-corrected chi connectivity index (χ4v) is 1.97. The molecule has 0 fully saturated rings. The van der Waals surface area contributed by atoms with Crippen LogP contribution in [0.25, 0.3) is 0 Å². The third-order valence-corrected chi connectivity index (χ3v) is 5.66. The second kappa shape index (κ2) is 6.10. The monoisotopic (exact) mass is 303 g/mol. The summed E-state index contributed by atoms with van der Waals surface area (Å²) < 4.78 is 41.2. The lowest BCUT2D eigenvalue weighted by atomic mass is 10.1. The molecule has 0 aliphatic heterocycles. The Morgan fingerprint density at radius 2 is 2.00 bits per heavy atom. The first kappa shape index (κ1) is 16.9. The topological polar surface area (TPSA) is 55.4 Å². The molecular weight excluding hydrogens is 281 g/mol. The van der Waals surface area contributed by atoms with Crippen molar-refractivity contribution in [3.05, 3.63) is 29.6 Å². The average molecular weight is 303 g/mol. The Kier molecular flexibility index (Phi) is 5.15. The summed E-state index contributed by atoms with van der Waals surface area (Å²) in [4.78, 5) is 0. The minimum Gasteiger partial charge on any atom is -0.497 e. The van der Waals surface area contributed by atoms with E-state index in [1.54, 1.807) is 32.9 Å². The number of ether oxygens (including phenoxy) is 1. The van der Waals surface area contributed by atoms with Crippen molar-refractivity contribution in [3.63, 3.8) is 0 Å². The summed E-state index contributed by atoms with van der Waals surface area (Å²) in [5.41, 5.74) is 0.482. The van der Waals surface area contributed by atoms with Gasteiger partial charge in [0.15, 0.2) is 9.84 Å². The van der Waals surface area contributed by atoms with Crippen LogP contribution in [-0.4, -0.2) is 33.1 Å². The molecule has 0 heterocycles. The highest BCUT2D eigenvalue weighted by Gasteiger charge is 2.30. The Morgan fingerprint density at radius 1 is 1.40 bits per heavy atom. The second-order valence-corrected chi connectivity index (χ2v) is 8.17. The fraction of sp³-hybridized carbons (Fsp3) is 0.571. The summed E-state index contributed by atoms with van der Waals surface area (Å²) in [6, 6.07) is 4.34. The molecule has 1 rings (SSSR count). The molecule has 1 N–H and O–H groups in total. The van der Waals surface area contributed by atoms with Crippen LogP contribution in [-0.2, 0) is 9.84 Å². The molecule has 1 atom stereocenters. The molecule has 0 amide bonds. The van der Waals surface area contributed by atoms with Crippen LogP contribution >= 0.6 is 0 Å². The molecule has 0 aliphatic carbocycles. The van der Waals surface area contributed by atoms with Crippen LogP contribution in [0.2, 0.25) is 0 Å². The molecule has 20 heavy (non-hydrogen) atoms. The quantitative estimate of drug-likeness (QED) is 0.876. The largest absolute Gasteiger partial charge is 0.497 e. The molecular formula is C14H22FNO3S. The molecule has 0 aromatic heterocycles. The molecule has 1 aromatic rings. The second-order valence-electron chi connectivity index (χ2n) is 5.52. The zero-order valence-electron chi connectivity index (χ0n) is 12.5. The van der Waals surface area contributed by atoms with Crippen LogP contribution in [0.1, 0.15) is 32.4 Å². The highest BCUT2D eigenvalue weighted by Crippen LogP contribution is 2.23. The lowest BCUT2D eigenvalue weighted by Gasteiger charge is -2.25. The third kappa shape index (κ3) is 3.93. The van der Waals surface area contributed by atoms with Gasteiger partial charge in [0.1, 0.15) is 11.6 Å². The maximum atomic E-state index is 13.9. The summed E-state index contributed by atoms with van der Waals surface area (Å²) in [5.74, 6) is 0.0800. The lowest BCUT2D eigenvalue weighted by Crippen LogP contribution is -2.42. The van der Waals surface area contributed by atoms with Crippen molar-refractivity contribution < 1.29 is 17.5 Å². The molecule has 6 heteroatoms. The number of nitrogens with one attached hydrogen (secondary N) is 1. The maximum absolute atomic E-state index is 13.9. The van der Waals surface area contributed by atoms with E-state index in [1.807, 2.05) is 0 Å². The molecule has 0 saturated carbocycles. The first-order chi connectivity index (χ1) is 9.08. The van der Waals surface area contributed by atoms with Crippen molar-refractivity contribution >= 4 is 9.84 Å². The number of benzene rings is 1. The van der Waals surface area contributed by atoms with Gasteiger partial charge in [-0.15, -0.1) is 0 Å². The van der Waals surface area contributed by atoms with Gasteiger partial charge >= 0.3 is 0 Å². The van der Waals surface area contributed by atoms with E-state index in [1.165, 1.54) is 19.4 Å². The van der Waals surface area contributed by atoms with E-state index >= 15 is 0 Å². The highest BCUT2D eigenvalue weighted by molar-refractivity contribution is 7.92. The van der Waals surface area contributed by atoms with E-state index < -0.39 is 14.6 Å². The summed E-state index contributed by atoms with van der Waals surface area (Å²) in [7, 11) is -1.70. The molecule has 1 aromatic carbocycles. The Bertz CT molecular complexity index is 570. The van der Waals surface area contributed by atoms with E-state index in [-0.39, 0.29) is 18.4 Å². The standard InChI is InChI=1S/C14H22FNO3S/c1-10(16-9-14(2,3)20(5,17)18)12-7-6-11(19-4)8-13(12)15/h6-8,10,16H,9H2,1-5H3. The zero-order valence-corrected chi connectivity index (χ0v) is 13.3. The van der Waals surface area contributed by atoms with Gasteiger partial charge < -0.3 is 10.1 Å². The summed E-state index contributed by atoms with van der Waals surface area (Å²) >= 11 is 0. The first-order valence-corrected chi connectivity index (χ1v) is 8.24. The average Bonchev–Trinajstić information content (AvgIpc) is 2.34. The summed E-state index contributed by atoms with van der Waals surface area (Å²) in [6.07, 6.45) is 1.20. The molecule has 0 aliphatic rings. The molecule has 0 spiro atoms. The predicted molar refractivity (Wildman–Crippen MR) is 78.3 cm³/mol. The van der Waals surface area contributed by atoms with Crippen molar-refractivity contribution in [3.8, 4) is 5.75 Å². The molecule has 1 unspecified atom stereocenters. The molecule has 114 valence electrons. The number of methoxy groups -OCH3 is 1. The Hall–Kier alpha value is -1.14. The Labute approximate surface area is 120 Å². The Balaban J connectivity index is 2.80. The zero-order chi connectivity index (χ0) is 15.6. The predicted octanol–water partition coefficient (Wildman–Crippen LogP) is 2.31. The molecule has 0 saturated heterocycles. The van der Waals surface area contributed by atoms with Crippen molar-refractivity contribution in [2.24, 2.45) is 0 Å². The molecule has 4 nitrogen and oxygen atoms in total. The van der Waals surface area contributed by atoms with Gasteiger partial charge in [0.2, 0.25) is 0 Å². The van der Waals surface area contributed by atoms with Gasteiger partial charge in [-0.25, -0.2) is 12.8 Å². The fourth-order valence-electron chi connectivity index (χ4n) is 1.63. The van der Waals surface area contributed by atoms with Gasteiger partial charge in [-0.3, -0.25) is 0 Å². The van der Waals surface area contributed by atoms with Gasteiger partial charge in [-0.05, 0) is 26.8 Å². The highest BCUT2D eigenvalue weighted by atomic mass is 32.2. The maximum Gasteiger partial charge on any atom is 0.153 e. The van der Waals surface area contributed by atoms with Crippen LogP contribution < -0.4 is 10.1 Å². The van der Waals surface area contributed by atoms with Gasteiger partial charge in [0, 0.05) is 30.5 Å². The first-order valence-electron chi connectivity index (χ1n) is 6.35. The van der Waals surface area contributed by atoms with Crippen LogP contribution in [0.3, 0.4) is 0 Å². The molecule has 0 bridgehead atoms. The van der Waals surface area contributed by atoms with Crippen LogP contribution in [0, 0.1) is 5.82 Å². The number of rotatable bonds is 6. The van der Waals surface area contributed by atoms with E-state index in [9.17, 15) is 12.8 Å². The van der Waals surface area contributed by atoms with Crippen molar-refractivity contribution in [1.82, 2.24) is 5.32 Å². The molecule has 0 radical (unpaired) electrons. The van der Waals surface area contributed by atoms with E-state index in [0.29, 0.717) is 11.3 Å². The van der Waals surface area contributed by atoms with Crippen molar-refractivity contribution in [2.75, 3.05) is 19.9 Å². The van der Waals surface area contributed by atoms with Crippen molar-refractivity contribution in [2.45, 2.75) is 31.6 Å². The van der Waals surface area contributed by atoms with Gasteiger partial charge in [-0.1, -0.05) is 6.07 Å². The minimum absolute atomic E-state index is 0.248. The number of hydrogen-bond acceptors (Lipinski definition) is 4. The van der Waals surface area contributed by atoms with Gasteiger partial charge in [-0.2, -0.15) is 0 Å². The summed E-state index contributed by atoms with van der Waals surface area (Å²) in [6.45, 7) is 5.33. The smallest absolute Gasteiger partial charge is 0.153 e. The van der Waals surface area contributed by atoms with Gasteiger partial charge in [0.25, 0.3) is 0 Å². The minimum atomic E-state index is -3.18. The SMILES string of the molecule is COc1ccc(C(C)NCC(C)(C)S(C)(=O)=O)c(F)c1. The third-order valence-electron chi connectivity index (χ3n) is 3.51. The van der Waals surface area contributed by atoms with Crippen molar-refractivity contribution in [1.29, 1.82) is 0 Å². The van der Waals surface area contributed by atoms with Crippen LogP contribution in [0.4, 0.5) is 4.39 Å². The van der Waals surface area contributed by atoms with E-state index in [2.05, 4.69) is 5.32 Å².